The molecular formula is C9H14N4. The maximum Gasteiger partial charge on any atom is 0.131 e. The number of nitrogens with zero attached hydrogens (tertiary/aromatic N) is 2. The van der Waals surface area contributed by atoms with E-state index in [2.05, 4.69) is 22.2 Å². The van der Waals surface area contributed by atoms with E-state index < -0.39 is 0 Å². The molecule has 1 fully saturated rings. The molecule has 0 unspecified atom stereocenters. The normalized spacial score (nSPS) is 18.2. The van der Waals surface area contributed by atoms with Gasteiger partial charge in [-0.05, 0) is 18.3 Å². The van der Waals surface area contributed by atoms with Gasteiger partial charge in [0.15, 0.2) is 0 Å². The average molecular weight is 178 g/mol. The maximum absolute atomic E-state index is 5.52. The van der Waals surface area contributed by atoms with Crippen molar-refractivity contribution in [3.05, 3.63) is 12.4 Å². The highest BCUT2D eigenvalue weighted by Crippen LogP contribution is 2.44. The van der Waals surface area contributed by atoms with Crippen LogP contribution in [-0.4, -0.2) is 16.5 Å². The van der Waals surface area contributed by atoms with E-state index >= 15 is 0 Å². The fraction of sp³-hybridized carbons (Fsp3) is 0.556. The zero-order chi connectivity index (χ0) is 9.31. The summed E-state index contributed by atoms with van der Waals surface area (Å²) in [6.45, 7) is 3.24. The minimum Gasteiger partial charge on any atom is -0.384 e. The SMILES string of the molecule is CC1(CNc2cc(N)ncn2)CC1. The quantitative estimate of drug-likeness (QED) is 0.731. The molecular weight excluding hydrogens is 164 g/mol. The number of rotatable bonds is 3. The van der Waals surface area contributed by atoms with Crippen LogP contribution in [0.4, 0.5) is 11.6 Å². The number of nitrogen functional groups attached to an aromatic ring is 1. The van der Waals surface area contributed by atoms with Crippen LogP contribution in [-0.2, 0) is 0 Å². The summed E-state index contributed by atoms with van der Waals surface area (Å²) in [5, 5.41) is 3.26. The van der Waals surface area contributed by atoms with Crippen LogP contribution in [0.3, 0.4) is 0 Å². The van der Waals surface area contributed by atoms with E-state index in [1.807, 2.05) is 0 Å². The Labute approximate surface area is 77.6 Å². The van der Waals surface area contributed by atoms with Gasteiger partial charge in [0.05, 0.1) is 0 Å². The van der Waals surface area contributed by atoms with Crippen molar-refractivity contribution in [3.8, 4) is 0 Å². The molecule has 4 nitrogen and oxygen atoms in total. The number of aromatic nitrogens is 2. The van der Waals surface area contributed by atoms with Crippen molar-refractivity contribution >= 4 is 11.6 Å². The van der Waals surface area contributed by atoms with Gasteiger partial charge in [-0.2, -0.15) is 0 Å². The van der Waals surface area contributed by atoms with Crippen LogP contribution in [0.25, 0.3) is 0 Å². The second-order valence-electron chi connectivity index (χ2n) is 3.99. The molecule has 4 heteroatoms. The summed E-state index contributed by atoms with van der Waals surface area (Å²) in [6, 6.07) is 1.76. The van der Waals surface area contributed by atoms with E-state index in [-0.39, 0.29) is 0 Å². The average Bonchev–Trinajstić information content (AvgIpc) is 2.82. The molecule has 13 heavy (non-hydrogen) atoms. The largest absolute Gasteiger partial charge is 0.384 e. The maximum atomic E-state index is 5.52. The zero-order valence-electron chi connectivity index (χ0n) is 7.75. The van der Waals surface area contributed by atoms with E-state index in [9.17, 15) is 0 Å². The highest BCUT2D eigenvalue weighted by Gasteiger charge is 2.36. The third-order valence-electron chi connectivity index (χ3n) is 2.49. The Morgan fingerprint density at radius 2 is 2.31 bits per heavy atom. The van der Waals surface area contributed by atoms with Crippen molar-refractivity contribution in [3.63, 3.8) is 0 Å². The van der Waals surface area contributed by atoms with Crippen molar-refractivity contribution in [2.24, 2.45) is 5.41 Å². The van der Waals surface area contributed by atoms with Crippen LogP contribution in [0.1, 0.15) is 19.8 Å². The summed E-state index contributed by atoms with van der Waals surface area (Å²) in [5.74, 6) is 1.33. The molecule has 0 spiro atoms. The van der Waals surface area contributed by atoms with E-state index in [1.165, 1.54) is 19.2 Å². The molecule has 1 heterocycles. The van der Waals surface area contributed by atoms with Gasteiger partial charge in [-0.25, -0.2) is 9.97 Å². The number of nitrogens with one attached hydrogen (secondary N) is 1. The van der Waals surface area contributed by atoms with E-state index in [0.29, 0.717) is 11.2 Å². The Hall–Kier alpha value is -1.32. The number of hydrogen-bond acceptors (Lipinski definition) is 4. The third kappa shape index (κ3) is 2.08. The second-order valence-corrected chi connectivity index (χ2v) is 3.99. The third-order valence-corrected chi connectivity index (χ3v) is 2.49. The minimum absolute atomic E-state index is 0.486. The van der Waals surface area contributed by atoms with Crippen LogP contribution in [0, 0.1) is 5.41 Å². The molecule has 0 amide bonds. The first-order chi connectivity index (χ1) is 6.18. The molecule has 0 saturated heterocycles. The van der Waals surface area contributed by atoms with Gasteiger partial charge < -0.3 is 11.1 Å². The Morgan fingerprint density at radius 1 is 1.54 bits per heavy atom. The topological polar surface area (TPSA) is 63.8 Å². The lowest BCUT2D eigenvalue weighted by atomic mass is 10.1. The highest BCUT2D eigenvalue weighted by atomic mass is 15.0. The molecule has 1 aromatic rings. The van der Waals surface area contributed by atoms with E-state index in [1.54, 1.807) is 6.07 Å². The fourth-order valence-corrected chi connectivity index (χ4v) is 1.16. The van der Waals surface area contributed by atoms with Crippen LogP contribution < -0.4 is 11.1 Å². The summed E-state index contributed by atoms with van der Waals surface area (Å²) in [7, 11) is 0. The predicted molar refractivity (Wildman–Crippen MR) is 52.3 cm³/mol. The van der Waals surface area contributed by atoms with Crippen molar-refractivity contribution in [1.82, 2.24) is 9.97 Å². The van der Waals surface area contributed by atoms with Crippen molar-refractivity contribution in [1.29, 1.82) is 0 Å². The Kier molecular flexibility index (Phi) is 1.83. The lowest BCUT2D eigenvalue weighted by molar-refractivity contribution is 0.609. The van der Waals surface area contributed by atoms with Crippen molar-refractivity contribution in [2.45, 2.75) is 19.8 Å². The fourth-order valence-electron chi connectivity index (χ4n) is 1.16. The Bertz CT molecular complexity index is 306. The van der Waals surface area contributed by atoms with Gasteiger partial charge >= 0.3 is 0 Å². The first-order valence-electron chi connectivity index (χ1n) is 4.49. The van der Waals surface area contributed by atoms with Crippen molar-refractivity contribution < 1.29 is 0 Å². The molecule has 1 saturated carbocycles. The monoisotopic (exact) mass is 178 g/mol. The van der Waals surface area contributed by atoms with Crippen LogP contribution in [0.5, 0.6) is 0 Å². The van der Waals surface area contributed by atoms with Gasteiger partial charge in [0.25, 0.3) is 0 Å². The molecule has 0 bridgehead atoms. The molecule has 0 aromatic carbocycles. The number of hydrogen-bond donors (Lipinski definition) is 2. The van der Waals surface area contributed by atoms with Gasteiger partial charge in [0.1, 0.15) is 18.0 Å². The highest BCUT2D eigenvalue weighted by molar-refractivity contribution is 5.43. The first-order valence-corrected chi connectivity index (χ1v) is 4.49. The molecule has 0 aliphatic heterocycles. The summed E-state index contributed by atoms with van der Waals surface area (Å²) < 4.78 is 0. The van der Waals surface area contributed by atoms with Gasteiger partial charge in [0.2, 0.25) is 0 Å². The molecule has 1 aliphatic rings. The van der Waals surface area contributed by atoms with Gasteiger partial charge in [-0.15, -0.1) is 0 Å². The molecule has 0 atom stereocenters. The molecule has 0 radical (unpaired) electrons. The predicted octanol–water partition coefficient (Wildman–Crippen LogP) is 1.27. The van der Waals surface area contributed by atoms with Gasteiger partial charge in [-0.1, -0.05) is 6.92 Å². The van der Waals surface area contributed by atoms with E-state index in [0.717, 1.165) is 12.4 Å². The van der Waals surface area contributed by atoms with Gasteiger partial charge in [0, 0.05) is 12.6 Å². The van der Waals surface area contributed by atoms with Crippen molar-refractivity contribution in [2.75, 3.05) is 17.6 Å². The molecule has 3 N–H and O–H groups in total. The molecule has 2 rings (SSSR count). The lowest BCUT2D eigenvalue weighted by Gasteiger charge is -2.10. The van der Waals surface area contributed by atoms with E-state index in [4.69, 9.17) is 5.73 Å². The summed E-state index contributed by atoms with van der Waals surface area (Å²) >= 11 is 0. The standard InChI is InChI=1S/C9H14N4/c1-9(2-3-9)5-11-8-4-7(10)12-6-13-8/h4,6H,2-3,5H2,1H3,(H3,10,11,12,13). The van der Waals surface area contributed by atoms with Crippen LogP contribution >= 0.6 is 0 Å². The number of anilines is 2. The Morgan fingerprint density at radius 3 is 2.92 bits per heavy atom. The van der Waals surface area contributed by atoms with Crippen LogP contribution in [0.2, 0.25) is 0 Å². The first kappa shape index (κ1) is 8.29. The summed E-state index contributed by atoms with van der Waals surface area (Å²) in [5.41, 5.74) is 6.01. The van der Waals surface area contributed by atoms with Crippen LogP contribution in [0.15, 0.2) is 12.4 Å². The molecule has 70 valence electrons. The summed E-state index contributed by atoms with van der Waals surface area (Å²) in [4.78, 5) is 7.89. The zero-order valence-corrected chi connectivity index (χ0v) is 7.75. The smallest absolute Gasteiger partial charge is 0.131 e. The molecule has 1 aliphatic carbocycles. The number of nitrogens with two attached hydrogens (primary N) is 1. The second kappa shape index (κ2) is 2.87. The Balaban J connectivity index is 1.94. The molecule has 1 aromatic heterocycles. The van der Waals surface area contributed by atoms with Gasteiger partial charge in [-0.3, -0.25) is 0 Å². The lowest BCUT2D eigenvalue weighted by Crippen LogP contribution is -2.12. The summed E-state index contributed by atoms with van der Waals surface area (Å²) in [6.07, 6.45) is 4.09. The minimum atomic E-state index is 0.486.